The van der Waals surface area contributed by atoms with Crippen LogP contribution in [0, 0.1) is 0 Å². The van der Waals surface area contributed by atoms with Crippen LogP contribution in [0.1, 0.15) is 39.0 Å². The highest BCUT2D eigenvalue weighted by atomic mass is 35.5. The maximum absolute atomic E-state index is 6.09. The van der Waals surface area contributed by atoms with Gasteiger partial charge in [-0.3, -0.25) is 0 Å². The summed E-state index contributed by atoms with van der Waals surface area (Å²) in [6.45, 7) is 3.00. The monoisotopic (exact) mass is 176 g/mol. The van der Waals surface area contributed by atoms with E-state index in [9.17, 15) is 0 Å². The molecule has 0 amide bonds. The Morgan fingerprint density at radius 3 is 2.73 bits per heavy atom. The molecule has 0 N–H and O–H groups in total. The van der Waals surface area contributed by atoms with Gasteiger partial charge in [-0.15, -0.1) is 11.6 Å². The molecule has 1 saturated carbocycles. The van der Waals surface area contributed by atoms with Crippen LogP contribution >= 0.6 is 11.6 Å². The number of alkyl halides is 1. The molecule has 1 aliphatic carbocycles. The molecule has 11 heavy (non-hydrogen) atoms. The van der Waals surface area contributed by atoms with E-state index in [2.05, 4.69) is 6.92 Å². The first-order valence-corrected chi connectivity index (χ1v) is 5.04. The Hall–Kier alpha value is 0.250. The van der Waals surface area contributed by atoms with Gasteiger partial charge in [-0.2, -0.15) is 0 Å². The van der Waals surface area contributed by atoms with Crippen molar-refractivity contribution in [3.63, 3.8) is 0 Å². The second kappa shape index (κ2) is 5.00. The molecule has 0 saturated heterocycles. The highest BCUT2D eigenvalue weighted by Gasteiger charge is 2.22. The predicted molar refractivity (Wildman–Crippen MR) is 48.1 cm³/mol. The first kappa shape index (κ1) is 9.34. The fourth-order valence-electron chi connectivity index (χ4n) is 1.51. The van der Waals surface area contributed by atoms with Crippen LogP contribution in [0.5, 0.6) is 0 Å². The van der Waals surface area contributed by atoms with E-state index in [4.69, 9.17) is 16.3 Å². The molecule has 0 heterocycles. The van der Waals surface area contributed by atoms with Crippen molar-refractivity contribution >= 4 is 11.6 Å². The lowest BCUT2D eigenvalue weighted by Crippen LogP contribution is -2.28. The lowest BCUT2D eigenvalue weighted by molar-refractivity contribution is 0.0319. The van der Waals surface area contributed by atoms with E-state index in [0.717, 1.165) is 25.9 Å². The minimum absolute atomic E-state index is 0.273. The first-order chi connectivity index (χ1) is 5.34. The van der Waals surface area contributed by atoms with Crippen molar-refractivity contribution < 1.29 is 4.74 Å². The average Bonchev–Trinajstić information content (AvgIpc) is 2.03. The van der Waals surface area contributed by atoms with Gasteiger partial charge in [0, 0.05) is 6.61 Å². The van der Waals surface area contributed by atoms with Gasteiger partial charge in [0.2, 0.25) is 0 Å². The Morgan fingerprint density at radius 2 is 2.09 bits per heavy atom. The Morgan fingerprint density at radius 1 is 1.36 bits per heavy atom. The van der Waals surface area contributed by atoms with Gasteiger partial charge in [0.05, 0.1) is 11.5 Å². The van der Waals surface area contributed by atoms with Crippen molar-refractivity contribution in [1.82, 2.24) is 0 Å². The zero-order valence-electron chi connectivity index (χ0n) is 7.18. The van der Waals surface area contributed by atoms with E-state index in [1.807, 2.05) is 0 Å². The molecule has 0 bridgehead atoms. The standard InChI is InChI=1S/C9H17ClO/c1-2-7-11-9-6-4-3-5-8(9)10/h8-9H,2-7H2,1H3/t8-,9+/m0/s1. The number of hydrogen-bond donors (Lipinski definition) is 0. The summed E-state index contributed by atoms with van der Waals surface area (Å²) >= 11 is 6.09. The maximum atomic E-state index is 6.09. The molecule has 1 nitrogen and oxygen atoms in total. The van der Waals surface area contributed by atoms with Gasteiger partial charge in [-0.25, -0.2) is 0 Å². The van der Waals surface area contributed by atoms with Crippen molar-refractivity contribution in [3.8, 4) is 0 Å². The largest absolute Gasteiger partial charge is 0.377 e. The fourth-order valence-corrected chi connectivity index (χ4v) is 1.86. The molecule has 1 rings (SSSR count). The summed E-state index contributed by atoms with van der Waals surface area (Å²) in [7, 11) is 0. The maximum Gasteiger partial charge on any atom is 0.0738 e. The van der Waals surface area contributed by atoms with Crippen LogP contribution in [0.25, 0.3) is 0 Å². The van der Waals surface area contributed by atoms with Gasteiger partial charge in [0.25, 0.3) is 0 Å². The molecule has 1 aliphatic rings. The molecule has 2 atom stereocenters. The van der Waals surface area contributed by atoms with Crippen molar-refractivity contribution in [1.29, 1.82) is 0 Å². The predicted octanol–water partition coefficient (Wildman–Crippen LogP) is 2.96. The van der Waals surface area contributed by atoms with Gasteiger partial charge in [-0.05, 0) is 19.3 Å². The normalized spacial score (nSPS) is 32.2. The summed E-state index contributed by atoms with van der Waals surface area (Å²) in [5.74, 6) is 0. The van der Waals surface area contributed by atoms with E-state index < -0.39 is 0 Å². The van der Waals surface area contributed by atoms with Gasteiger partial charge in [-0.1, -0.05) is 19.8 Å². The van der Waals surface area contributed by atoms with Crippen LogP contribution in [0.3, 0.4) is 0 Å². The zero-order valence-corrected chi connectivity index (χ0v) is 7.94. The molecular weight excluding hydrogens is 160 g/mol. The minimum atomic E-state index is 0.273. The summed E-state index contributed by atoms with van der Waals surface area (Å²) in [6.07, 6.45) is 6.30. The molecule has 66 valence electrons. The summed E-state index contributed by atoms with van der Waals surface area (Å²) in [5.41, 5.74) is 0. The molecule has 2 heteroatoms. The van der Waals surface area contributed by atoms with E-state index >= 15 is 0 Å². The molecule has 0 unspecified atom stereocenters. The van der Waals surface area contributed by atoms with E-state index in [1.165, 1.54) is 12.8 Å². The molecule has 1 fully saturated rings. The van der Waals surface area contributed by atoms with Crippen LogP contribution in [0.15, 0.2) is 0 Å². The second-order valence-corrected chi connectivity index (χ2v) is 3.77. The summed E-state index contributed by atoms with van der Waals surface area (Å²) in [4.78, 5) is 0. The van der Waals surface area contributed by atoms with Gasteiger partial charge in [0.15, 0.2) is 0 Å². The molecule has 0 radical (unpaired) electrons. The zero-order chi connectivity index (χ0) is 8.10. The Balaban J connectivity index is 2.18. The topological polar surface area (TPSA) is 9.23 Å². The van der Waals surface area contributed by atoms with Gasteiger partial charge < -0.3 is 4.74 Å². The third kappa shape index (κ3) is 3.00. The summed E-state index contributed by atoms with van der Waals surface area (Å²) < 4.78 is 5.61. The van der Waals surface area contributed by atoms with Gasteiger partial charge in [0.1, 0.15) is 0 Å². The van der Waals surface area contributed by atoms with Crippen LogP contribution in [0.2, 0.25) is 0 Å². The third-order valence-electron chi connectivity index (χ3n) is 2.16. The number of ether oxygens (including phenoxy) is 1. The number of rotatable bonds is 3. The van der Waals surface area contributed by atoms with Gasteiger partial charge >= 0.3 is 0 Å². The van der Waals surface area contributed by atoms with E-state index in [1.54, 1.807) is 0 Å². The number of hydrogen-bond acceptors (Lipinski definition) is 1. The minimum Gasteiger partial charge on any atom is -0.377 e. The van der Waals surface area contributed by atoms with Crippen LogP contribution in [-0.4, -0.2) is 18.1 Å². The van der Waals surface area contributed by atoms with Crippen molar-refractivity contribution in [2.75, 3.05) is 6.61 Å². The Labute approximate surface area is 74.1 Å². The molecule has 0 aliphatic heterocycles. The Bertz CT molecular complexity index is 106. The molecule has 0 aromatic rings. The lowest BCUT2D eigenvalue weighted by atomic mass is 9.97. The van der Waals surface area contributed by atoms with Crippen molar-refractivity contribution in [3.05, 3.63) is 0 Å². The third-order valence-corrected chi connectivity index (χ3v) is 2.66. The highest BCUT2D eigenvalue weighted by molar-refractivity contribution is 6.21. The number of halogens is 1. The smallest absolute Gasteiger partial charge is 0.0738 e. The van der Waals surface area contributed by atoms with Crippen LogP contribution in [-0.2, 0) is 4.74 Å². The fraction of sp³-hybridized carbons (Fsp3) is 1.00. The quantitative estimate of drug-likeness (QED) is 0.601. The van der Waals surface area contributed by atoms with E-state index in [-0.39, 0.29) is 5.38 Å². The highest BCUT2D eigenvalue weighted by Crippen LogP contribution is 2.25. The lowest BCUT2D eigenvalue weighted by Gasteiger charge is -2.26. The SMILES string of the molecule is CCCO[C@@H]1CCCC[C@@H]1Cl. The molecule has 0 aromatic heterocycles. The second-order valence-electron chi connectivity index (χ2n) is 3.21. The molecule has 0 spiro atoms. The molecule has 0 aromatic carbocycles. The summed E-state index contributed by atoms with van der Waals surface area (Å²) in [5, 5.41) is 0.273. The van der Waals surface area contributed by atoms with Crippen molar-refractivity contribution in [2.24, 2.45) is 0 Å². The van der Waals surface area contributed by atoms with Crippen LogP contribution in [0.4, 0.5) is 0 Å². The average molecular weight is 177 g/mol. The molecular formula is C9H17ClO. The first-order valence-electron chi connectivity index (χ1n) is 4.60. The summed E-state index contributed by atoms with van der Waals surface area (Å²) in [6, 6.07) is 0. The van der Waals surface area contributed by atoms with Crippen molar-refractivity contribution in [2.45, 2.75) is 50.5 Å². The Kier molecular flexibility index (Phi) is 4.24. The van der Waals surface area contributed by atoms with E-state index in [0.29, 0.717) is 6.10 Å². The van der Waals surface area contributed by atoms with Crippen LogP contribution < -0.4 is 0 Å².